The highest BCUT2D eigenvalue weighted by atomic mass is 16.3. The van der Waals surface area contributed by atoms with E-state index in [0.717, 1.165) is 24.9 Å². The molecule has 0 unspecified atom stereocenters. The fraction of sp³-hybridized carbons (Fsp3) is 0.550. The van der Waals surface area contributed by atoms with Crippen molar-refractivity contribution < 1.29 is 9.90 Å². The summed E-state index contributed by atoms with van der Waals surface area (Å²) < 4.78 is 0. The molecule has 1 fully saturated rings. The Balaban J connectivity index is 2.00. The molecule has 1 atom stereocenters. The molecule has 1 aliphatic heterocycles. The van der Waals surface area contributed by atoms with Crippen molar-refractivity contribution in [2.45, 2.75) is 38.1 Å². The number of aliphatic hydroxyl groups is 1. The van der Waals surface area contributed by atoms with Crippen LogP contribution in [0.2, 0.25) is 0 Å². The lowest BCUT2D eigenvalue weighted by Crippen LogP contribution is -2.47. The first-order valence-electron chi connectivity index (χ1n) is 9.04. The highest BCUT2D eigenvalue weighted by Gasteiger charge is 2.28. The fourth-order valence-electron chi connectivity index (χ4n) is 3.21. The predicted octanol–water partition coefficient (Wildman–Crippen LogP) is 2.79. The van der Waals surface area contributed by atoms with Crippen LogP contribution in [-0.4, -0.2) is 60.1 Å². The van der Waals surface area contributed by atoms with E-state index in [1.54, 1.807) is 0 Å². The van der Waals surface area contributed by atoms with Gasteiger partial charge in [0, 0.05) is 19.7 Å². The second-order valence-corrected chi connectivity index (χ2v) is 6.52. The molecule has 132 valence electrons. The van der Waals surface area contributed by atoms with Crippen LogP contribution in [0.25, 0.3) is 6.08 Å². The van der Waals surface area contributed by atoms with E-state index in [1.165, 1.54) is 12.8 Å². The van der Waals surface area contributed by atoms with Gasteiger partial charge in [0.2, 0.25) is 5.91 Å². The van der Waals surface area contributed by atoms with Crippen LogP contribution >= 0.6 is 0 Å². The minimum absolute atomic E-state index is 0.0173. The standard InChI is InChI=1S/C20H30N2O2/c1-21-14-7-3-6-13-19(21)20(24)22(16-9-17-23)15-8-12-18-10-4-2-5-11-18/h2,4-5,8,10-12,19,23H,3,6-7,9,13-17H2,1H3/b12-8+/t19-/m0/s1. The van der Waals surface area contributed by atoms with E-state index in [1.807, 2.05) is 29.2 Å². The molecular weight excluding hydrogens is 300 g/mol. The number of amides is 1. The molecule has 0 spiro atoms. The number of rotatable bonds is 7. The lowest BCUT2D eigenvalue weighted by molar-refractivity contribution is -0.136. The van der Waals surface area contributed by atoms with Crippen molar-refractivity contribution in [2.24, 2.45) is 0 Å². The summed E-state index contributed by atoms with van der Waals surface area (Å²) in [6.45, 7) is 2.31. The second kappa shape index (κ2) is 10.3. The van der Waals surface area contributed by atoms with Crippen LogP contribution in [0.1, 0.15) is 37.7 Å². The maximum absolute atomic E-state index is 13.0. The normalized spacial score (nSPS) is 19.3. The van der Waals surface area contributed by atoms with Crippen LogP contribution in [-0.2, 0) is 4.79 Å². The van der Waals surface area contributed by atoms with Crippen molar-refractivity contribution in [3.8, 4) is 0 Å². The minimum atomic E-state index is -0.0173. The summed E-state index contributed by atoms with van der Waals surface area (Å²) in [6, 6.07) is 10.1. The fourth-order valence-corrected chi connectivity index (χ4v) is 3.21. The average Bonchev–Trinajstić information content (AvgIpc) is 2.82. The zero-order chi connectivity index (χ0) is 17.2. The number of hydrogen-bond acceptors (Lipinski definition) is 3. The average molecular weight is 330 g/mol. The number of hydrogen-bond donors (Lipinski definition) is 1. The molecule has 0 bridgehead atoms. The van der Waals surface area contributed by atoms with Crippen LogP contribution in [0.3, 0.4) is 0 Å². The predicted molar refractivity (Wildman–Crippen MR) is 98.6 cm³/mol. The number of carbonyl (C=O) groups is 1. The Morgan fingerprint density at radius 3 is 2.83 bits per heavy atom. The summed E-state index contributed by atoms with van der Waals surface area (Å²) in [4.78, 5) is 17.1. The first kappa shape index (κ1) is 18.7. The lowest BCUT2D eigenvalue weighted by Gasteiger charge is -2.31. The lowest BCUT2D eigenvalue weighted by atomic mass is 10.1. The molecule has 1 aliphatic rings. The van der Waals surface area contributed by atoms with Crippen molar-refractivity contribution in [3.05, 3.63) is 42.0 Å². The number of nitrogens with zero attached hydrogens (tertiary/aromatic N) is 2. The molecule has 1 amide bonds. The minimum Gasteiger partial charge on any atom is -0.396 e. The van der Waals surface area contributed by atoms with E-state index < -0.39 is 0 Å². The van der Waals surface area contributed by atoms with Gasteiger partial charge in [-0.2, -0.15) is 0 Å². The molecule has 1 saturated heterocycles. The zero-order valence-electron chi connectivity index (χ0n) is 14.7. The van der Waals surface area contributed by atoms with E-state index >= 15 is 0 Å². The van der Waals surface area contributed by atoms with Crippen LogP contribution in [0, 0.1) is 0 Å². The molecule has 1 heterocycles. The molecule has 0 radical (unpaired) electrons. The number of likely N-dealkylation sites (N-methyl/N-ethyl adjacent to an activating group) is 1. The second-order valence-electron chi connectivity index (χ2n) is 6.52. The van der Waals surface area contributed by atoms with E-state index in [0.29, 0.717) is 19.5 Å². The monoisotopic (exact) mass is 330 g/mol. The Hall–Kier alpha value is -1.65. The van der Waals surface area contributed by atoms with Gasteiger partial charge in [0.25, 0.3) is 0 Å². The Kier molecular flexibility index (Phi) is 7.99. The molecule has 1 aromatic rings. The van der Waals surface area contributed by atoms with Gasteiger partial charge in [-0.3, -0.25) is 9.69 Å². The van der Waals surface area contributed by atoms with E-state index in [4.69, 9.17) is 5.11 Å². The molecule has 0 saturated carbocycles. The van der Waals surface area contributed by atoms with Gasteiger partial charge in [-0.15, -0.1) is 0 Å². The van der Waals surface area contributed by atoms with Gasteiger partial charge in [0.15, 0.2) is 0 Å². The summed E-state index contributed by atoms with van der Waals surface area (Å²) in [5.41, 5.74) is 1.14. The van der Waals surface area contributed by atoms with Crippen molar-refractivity contribution in [3.63, 3.8) is 0 Å². The maximum atomic E-state index is 13.0. The highest BCUT2D eigenvalue weighted by molar-refractivity contribution is 5.82. The molecule has 2 rings (SSSR count). The van der Waals surface area contributed by atoms with Crippen LogP contribution in [0.4, 0.5) is 0 Å². The van der Waals surface area contributed by atoms with Crippen molar-refractivity contribution >= 4 is 12.0 Å². The van der Waals surface area contributed by atoms with E-state index in [-0.39, 0.29) is 18.6 Å². The Labute approximate surface area is 145 Å². The molecule has 0 aliphatic carbocycles. The third kappa shape index (κ3) is 5.77. The SMILES string of the molecule is CN1CCCCC[C@H]1C(=O)N(C/C=C/c1ccccc1)CCCO. The summed E-state index contributed by atoms with van der Waals surface area (Å²) >= 11 is 0. The molecule has 24 heavy (non-hydrogen) atoms. The summed E-state index contributed by atoms with van der Waals surface area (Å²) in [5.74, 6) is 0.200. The van der Waals surface area contributed by atoms with Gasteiger partial charge in [0.05, 0.1) is 6.04 Å². The largest absolute Gasteiger partial charge is 0.396 e. The first-order chi connectivity index (χ1) is 11.7. The summed E-state index contributed by atoms with van der Waals surface area (Å²) in [6.07, 6.45) is 9.16. The maximum Gasteiger partial charge on any atom is 0.240 e. The quantitative estimate of drug-likeness (QED) is 0.836. The summed E-state index contributed by atoms with van der Waals surface area (Å²) in [7, 11) is 2.05. The molecular formula is C20H30N2O2. The van der Waals surface area contributed by atoms with Gasteiger partial charge < -0.3 is 10.0 Å². The molecule has 4 nitrogen and oxygen atoms in total. The number of aliphatic hydroxyl groups excluding tert-OH is 1. The van der Waals surface area contributed by atoms with Crippen LogP contribution < -0.4 is 0 Å². The Bertz CT molecular complexity index is 516. The van der Waals surface area contributed by atoms with Gasteiger partial charge in [-0.1, -0.05) is 55.3 Å². The topological polar surface area (TPSA) is 43.8 Å². The highest BCUT2D eigenvalue weighted by Crippen LogP contribution is 2.17. The number of carbonyl (C=O) groups excluding carboxylic acids is 1. The number of likely N-dealkylation sites (tertiary alicyclic amines) is 1. The third-order valence-electron chi connectivity index (χ3n) is 4.64. The Morgan fingerprint density at radius 2 is 2.08 bits per heavy atom. The molecule has 0 aromatic heterocycles. The van der Waals surface area contributed by atoms with E-state index in [9.17, 15) is 4.79 Å². The van der Waals surface area contributed by atoms with Crippen molar-refractivity contribution in [2.75, 3.05) is 33.3 Å². The molecule has 1 N–H and O–H groups in total. The van der Waals surface area contributed by atoms with Crippen LogP contribution in [0.15, 0.2) is 36.4 Å². The first-order valence-corrected chi connectivity index (χ1v) is 9.04. The van der Waals surface area contributed by atoms with E-state index in [2.05, 4.69) is 30.2 Å². The van der Waals surface area contributed by atoms with Crippen molar-refractivity contribution in [1.29, 1.82) is 0 Å². The molecule has 1 aromatic carbocycles. The third-order valence-corrected chi connectivity index (χ3v) is 4.64. The Morgan fingerprint density at radius 1 is 1.29 bits per heavy atom. The number of benzene rings is 1. The van der Waals surface area contributed by atoms with Crippen molar-refractivity contribution in [1.82, 2.24) is 9.80 Å². The van der Waals surface area contributed by atoms with Crippen LogP contribution in [0.5, 0.6) is 0 Å². The van der Waals surface area contributed by atoms with Gasteiger partial charge in [0.1, 0.15) is 0 Å². The zero-order valence-corrected chi connectivity index (χ0v) is 14.7. The van der Waals surface area contributed by atoms with Gasteiger partial charge in [-0.05, 0) is 38.4 Å². The summed E-state index contributed by atoms with van der Waals surface area (Å²) in [5, 5.41) is 9.14. The smallest absolute Gasteiger partial charge is 0.240 e. The van der Waals surface area contributed by atoms with Gasteiger partial charge >= 0.3 is 0 Å². The van der Waals surface area contributed by atoms with Gasteiger partial charge in [-0.25, -0.2) is 0 Å². The molecule has 4 heteroatoms.